The number of hydrogen-bond donors (Lipinski definition) is 4. The first-order valence-corrected chi connectivity index (χ1v) is 15.3. The molecule has 1 aromatic heterocycles. The molecule has 2 fully saturated rings. The second-order valence-electron chi connectivity index (χ2n) is 13.1. The molecule has 0 unspecified atom stereocenters. The molecule has 11 heteroatoms. The lowest BCUT2D eigenvalue weighted by atomic mass is 9.77. The number of amides is 4. The van der Waals surface area contributed by atoms with Gasteiger partial charge in [0, 0.05) is 29.9 Å². The standard InChI is InChI=1S/C33H45N5O6/c1-8-26(39)23(15-20-12-13-34-29(20)40)36-31(42)28-33(5,6)19(4)17-38(28)32(43)25(14-18(2)3)37-30(41)24-16-21-22(35-24)10-9-11-27(21)44-7/h8-11,16,18-20,23,25,28,35H,1,12-15,17H2,2-7H3,(H,34,40)(H,36,42)(H,37,41)/t19-,20+,23+,25+,28-/m1/s1. The van der Waals surface area contributed by atoms with Crippen molar-refractivity contribution < 1.29 is 28.7 Å². The average molecular weight is 608 g/mol. The van der Waals surface area contributed by atoms with E-state index in [1.54, 1.807) is 24.1 Å². The van der Waals surface area contributed by atoms with Gasteiger partial charge in [-0.1, -0.05) is 47.3 Å². The van der Waals surface area contributed by atoms with Crippen LogP contribution in [0.2, 0.25) is 0 Å². The highest BCUT2D eigenvalue weighted by Gasteiger charge is 2.53. The number of hydrogen-bond acceptors (Lipinski definition) is 6. The summed E-state index contributed by atoms with van der Waals surface area (Å²) in [5.74, 6) is -1.56. The molecule has 2 saturated heterocycles. The normalized spacial score (nSPS) is 22.4. The Kier molecular flexibility index (Phi) is 9.85. The molecule has 44 heavy (non-hydrogen) atoms. The second-order valence-corrected chi connectivity index (χ2v) is 13.1. The van der Waals surface area contributed by atoms with Gasteiger partial charge in [0.2, 0.25) is 17.7 Å². The number of nitrogens with zero attached hydrogens (tertiary/aromatic N) is 1. The minimum atomic E-state index is -0.942. The van der Waals surface area contributed by atoms with Crippen LogP contribution in [0.25, 0.3) is 10.9 Å². The highest BCUT2D eigenvalue weighted by molar-refractivity contribution is 6.02. The predicted molar refractivity (Wildman–Crippen MR) is 167 cm³/mol. The number of rotatable bonds is 12. The Morgan fingerprint density at radius 1 is 1.18 bits per heavy atom. The first-order chi connectivity index (χ1) is 20.8. The van der Waals surface area contributed by atoms with Crippen molar-refractivity contribution in [2.45, 2.75) is 72.0 Å². The van der Waals surface area contributed by atoms with Gasteiger partial charge in [-0.15, -0.1) is 0 Å². The van der Waals surface area contributed by atoms with Gasteiger partial charge in [0.05, 0.1) is 13.2 Å². The average Bonchev–Trinajstić information content (AvgIpc) is 3.66. The van der Waals surface area contributed by atoms with Crippen LogP contribution in [0.15, 0.2) is 36.9 Å². The molecule has 0 bridgehead atoms. The molecule has 3 heterocycles. The van der Waals surface area contributed by atoms with Gasteiger partial charge >= 0.3 is 0 Å². The largest absolute Gasteiger partial charge is 0.496 e. The SMILES string of the molecule is C=CC(=O)[C@H](C[C@@H]1CCNC1=O)NC(=O)[C@H]1N(C(=O)[C@H](CC(C)C)NC(=O)c2cc3c(OC)cccc3[nH]2)C[C@@H](C)C1(C)C. The van der Waals surface area contributed by atoms with Crippen LogP contribution in [-0.4, -0.2) is 77.6 Å². The van der Waals surface area contributed by atoms with Crippen molar-refractivity contribution in [3.63, 3.8) is 0 Å². The van der Waals surface area contributed by atoms with Gasteiger partial charge in [0.15, 0.2) is 5.78 Å². The van der Waals surface area contributed by atoms with E-state index in [4.69, 9.17) is 4.74 Å². The minimum Gasteiger partial charge on any atom is -0.496 e. The zero-order valence-corrected chi connectivity index (χ0v) is 26.5. The van der Waals surface area contributed by atoms with Gasteiger partial charge in [-0.2, -0.15) is 0 Å². The molecule has 4 N–H and O–H groups in total. The fraction of sp³-hybridized carbons (Fsp3) is 0.545. The minimum absolute atomic E-state index is 0.0482. The van der Waals surface area contributed by atoms with E-state index in [0.717, 1.165) is 17.0 Å². The molecule has 11 nitrogen and oxygen atoms in total. The number of aromatic nitrogens is 1. The van der Waals surface area contributed by atoms with Gasteiger partial charge in [-0.3, -0.25) is 24.0 Å². The third kappa shape index (κ3) is 6.66. The maximum Gasteiger partial charge on any atom is 0.268 e. The lowest BCUT2D eigenvalue weighted by Crippen LogP contribution is -2.58. The molecule has 4 rings (SSSR count). The Hall–Kier alpha value is -4.15. The smallest absolute Gasteiger partial charge is 0.268 e. The maximum absolute atomic E-state index is 14.2. The monoisotopic (exact) mass is 607 g/mol. The number of aromatic amines is 1. The summed E-state index contributed by atoms with van der Waals surface area (Å²) in [6.07, 6.45) is 2.24. The third-order valence-corrected chi connectivity index (χ3v) is 9.23. The number of ether oxygens (including phenoxy) is 1. The fourth-order valence-electron chi connectivity index (χ4n) is 6.35. The number of fused-ring (bicyclic) bond motifs is 1. The van der Waals surface area contributed by atoms with E-state index in [-0.39, 0.29) is 41.5 Å². The number of ketones is 1. The molecule has 2 aliphatic heterocycles. The zero-order chi connectivity index (χ0) is 32.3. The van der Waals surface area contributed by atoms with Crippen molar-refractivity contribution in [1.29, 1.82) is 0 Å². The highest BCUT2D eigenvalue weighted by Crippen LogP contribution is 2.41. The summed E-state index contributed by atoms with van der Waals surface area (Å²) in [7, 11) is 1.56. The van der Waals surface area contributed by atoms with Crippen LogP contribution in [0.4, 0.5) is 0 Å². The molecule has 0 radical (unpaired) electrons. The van der Waals surface area contributed by atoms with Crippen molar-refractivity contribution in [2.24, 2.45) is 23.2 Å². The van der Waals surface area contributed by atoms with Crippen molar-refractivity contribution >= 4 is 40.3 Å². The van der Waals surface area contributed by atoms with E-state index in [0.29, 0.717) is 31.7 Å². The van der Waals surface area contributed by atoms with Crippen LogP contribution in [0.3, 0.4) is 0 Å². The summed E-state index contributed by atoms with van der Waals surface area (Å²) < 4.78 is 5.42. The maximum atomic E-state index is 14.2. The molecule has 0 spiro atoms. The number of H-pyrrole nitrogens is 1. The Labute approximate surface area is 258 Å². The molecule has 2 aliphatic rings. The molecule has 4 amide bonds. The van der Waals surface area contributed by atoms with Crippen LogP contribution in [0.5, 0.6) is 5.75 Å². The Morgan fingerprint density at radius 3 is 2.52 bits per heavy atom. The van der Waals surface area contributed by atoms with Gasteiger partial charge in [0.25, 0.3) is 5.91 Å². The van der Waals surface area contributed by atoms with E-state index < -0.39 is 41.3 Å². The summed E-state index contributed by atoms with van der Waals surface area (Å²) in [5.41, 5.74) is 0.385. The van der Waals surface area contributed by atoms with E-state index in [2.05, 4.69) is 27.5 Å². The van der Waals surface area contributed by atoms with E-state index in [1.807, 2.05) is 46.8 Å². The molecular weight excluding hydrogens is 562 g/mol. The van der Waals surface area contributed by atoms with Crippen molar-refractivity contribution in [3.8, 4) is 5.75 Å². The van der Waals surface area contributed by atoms with E-state index in [1.165, 1.54) is 0 Å². The number of nitrogens with one attached hydrogen (secondary N) is 4. The molecule has 238 valence electrons. The quantitative estimate of drug-likeness (QED) is 0.273. The van der Waals surface area contributed by atoms with Crippen molar-refractivity contribution in [1.82, 2.24) is 25.8 Å². The third-order valence-electron chi connectivity index (χ3n) is 9.23. The Balaban J connectivity index is 1.58. The number of benzene rings is 1. The van der Waals surface area contributed by atoms with Crippen molar-refractivity contribution in [2.75, 3.05) is 20.2 Å². The summed E-state index contributed by atoms with van der Waals surface area (Å²) in [6, 6.07) is 4.43. The predicted octanol–water partition coefficient (Wildman–Crippen LogP) is 2.96. The second kappa shape index (κ2) is 13.2. The topological polar surface area (TPSA) is 150 Å². The lowest BCUT2D eigenvalue weighted by Gasteiger charge is -2.35. The molecule has 2 aromatic rings. The van der Waals surface area contributed by atoms with Crippen LogP contribution < -0.4 is 20.7 Å². The summed E-state index contributed by atoms with van der Waals surface area (Å²) >= 11 is 0. The first kappa shape index (κ1) is 32.8. The Morgan fingerprint density at radius 2 is 1.91 bits per heavy atom. The summed E-state index contributed by atoms with van der Waals surface area (Å²) in [5, 5.41) is 9.28. The van der Waals surface area contributed by atoms with E-state index in [9.17, 15) is 24.0 Å². The van der Waals surface area contributed by atoms with Gasteiger partial charge in [-0.05, 0) is 60.8 Å². The Bertz CT molecular complexity index is 1450. The highest BCUT2D eigenvalue weighted by atomic mass is 16.5. The molecule has 0 saturated carbocycles. The van der Waals surface area contributed by atoms with Gasteiger partial charge < -0.3 is 30.6 Å². The van der Waals surface area contributed by atoms with Crippen LogP contribution in [0.1, 0.15) is 64.4 Å². The number of carbonyl (C=O) groups is 5. The first-order valence-electron chi connectivity index (χ1n) is 15.3. The van der Waals surface area contributed by atoms with Gasteiger partial charge in [0.1, 0.15) is 23.5 Å². The molecule has 1 aromatic carbocycles. The van der Waals surface area contributed by atoms with Crippen LogP contribution in [0, 0.1) is 23.2 Å². The van der Waals surface area contributed by atoms with Crippen LogP contribution >= 0.6 is 0 Å². The summed E-state index contributed by atoms with van der Waals surface area (Å²) in [6.45, 7) is 14.2. The van der Waals surface area contributed by atoms with Crippen molar-refractivity contribution in [3.05, 3.63) is 42.6 Å². The lowest BCUT2D eigenvalue weighted by molar-refractivity contribution is -0.143. The molecule has 0 aliphatic carbocycles. The zero-order valence-electron chi connectivity index (χ0n) is 26.5. The van der Waals surface area contributed by atoms with Crippen LogP contribution in [-0.2, 0) is 19.2 Å². The molecule has 5 atom stereocenters. The van der Waals surface area contributed by atoms with E-state index >= 15 is 0 Å². The molecular formula is C33H45N5O6. The fourth-order valence-corrected chi connectivity index (χ4v) is 6.35. The number of likely N-dealkylation sites (tertiary alicyclic amines) is 1. The summed E-state index contributed by atoms with van der Waals surface area (Å²) in [4.78, 5) is 71.3. The number of carbonyl (C=O) groups excluding carboxylic acids is 5. The van der Waals surface area contributed by atoms with Gasteiger partial charge in [-0.25, -0.2) is 0 Å². The number of methoxy groups -OCH3 is 1.